The molecule has 0 radical (unpaired) electrons. The molecule has 1 aromatic rings. The lowest BCUT2D eigenvalue weighted by molar-refractivity contribution is -0.138. The summed E-state index contributed by atoms with van der Waals surface area (Å²) in [6, 6.07) is 6.43. The van der Waals surface area contributed by atoms with Gasteiger partial charge in [0.1, 0.15) is 5.82 Å². The molecule has 1 rings (SSSR count). The van der Waals surface area contributed by atoms with E-state index < -0.39 is 5.97 Å². The van der Waals surface area contributed by atoms with Crippen molar-refractivity contribution < 1.29 is 14.3 Å². The Hall–Kier alpha value is -1.38. The molecule has 3 unspecified atom stereocenters. The van der Waals surface area contributed by atoms with Gasteiger partial charge in [0.25, 0.3) is 0 Å². The van der Waals surface area contributed by atoms with Gasteiger partial charge in [-0.3, -0.25) is 4.79 Å². The van der Waals surface area contributed by atoms with E-state index in [2.05, 4.69) is 6.92 Å². The summed E-state index contributed by atoms with van der Waals surface area (Å²) >= 11 is 0. The van der Waals surface area contributed by atoms with E-state index in [0.717, 1.165) is 5.56 Å². The van der Waals surface area contributed by atoms with Crippen LogP contribution in [-0.2, 0) is 4.79 Å². The zero-order chi connectivity index (χ0) is 13.0. The first kappa shape index (κ1) is 13.7. The van der Waals surface area contributed by atoms with Gasteiger partial charge in [0.15, 0.2) is 0 Å². The molecular formula is C14H19FO2. The summed E-state index contributed by atoms with van der Waals surface area (Å²) in [5, 5.41) is 8.77. The van der Waals surface area contributed by atoms with E-state index >= 15 is 0 Å². The largest absolute Gasteiger partial charge is 0.481 e. The topological polar surface area (TPSA) is 37.3 Å². The fraction of sp³-hybridized carbons (Fsp3) is 0.500. The summed E-state index contributed by atoms with van der Waals surface area (Å²) in [5.74, 6) is -0.433. The summed E-state index contributed by atoms with van der Waals surface area (Å²) in [5.41, 5.74) is 1.05. The van der Waals surface area contributed by atoms with Gasteiger partial charge in [0.05, 0.1) is 0 Å². The average Bonchev–Trinajstić information content (AvgIpc) is 2.27. The van der Waals surface area contributed by atoms with Crippen molar-refractivity contribution in [2.75, 3.05) is 0 Å². The van der Waals surface area contributed by atoms with Crippen molar-refractivity contribution in [3.05, 3.63) is 35.6 Å². The van der Waals surface area contributed by atoms with Crippen LogP contribution in [0.4, 0.5) is 4.39 Å². The molecule has 0 aliphatic rings. The molecule has 0 saturated heterocycles. The second kappa shape index (κ2) is 5.80. The molecule has 1 N–H and O–H groups in total. The molecule has 3 atom stereocenters. The number of carboxylic acids is 1. The number of hydrogen-bond donors (Lipinski definition) is 1. The lowest BCUT2D eigenvalue weighted by Gasteiger charge is -2.25. The SMILES string of the molecule is CC(CC(=O)O)C(C)C(C)c1ccc(F)cc1. The number of aliphatic carboxylic acids is 1. The van der Waals surface area contributed by atoms with Crippen LogP contribution >= 0.6 is 0 Å². The zero-order valence-electron chi connectivity index (χ0n) is 10.5. The first-order chi connectivity index (χ1) is 7.91. The number of hydrogen-bond acceptors (Lipinski definition) is 1. The highest BCUT2D eigenvalue weighted by Gasteiger charge is 2.22. The van der Waals surface area contributed by atoms with Crippen LogP contribution in [0, 0.1) is 17.7 Å². The predicted molar refractivity (Wildman–Crippen MR) is 65.4 cm³/mol. The Morgan fingerprint density at radius 2 is 1.76 bits per heavy atom. The predicted octanol–water partition coefficient (Wildman–Crippen LogP) is 3.68. The van der Waals surface area contributed by atoms with Crippen LogP contribution in [-0.4, -0.2) is 11.1 Å². The van der Waals surface area contributed by atoms with Crippen molar-refractivity contribution in [3.63, 3.8) is 0 Å². The minimum absolute atomic E-state index is 0.104. The summed E-state index contributed by atoms with van der Waals surface area (Å²) in [6.45, 7) is 6.04. The molecule has 0 bridgehead atoms. The van der Waals surface area contributed by atoms with Gasteiger partial charge in [0.2, 0.25) is 0 Å². The van der Waals surface area contributed by atoms with Gasteiger partial charge < -0.3 is 5.11 Å². The molecule has 17 heavy (non-hydrogen) atoms. The summed E-state index contributed by atoms with van der Waals surface area (Å²) in [4.78, 5) is 10.7. The van der Waals surface area contributed by atoms with Gasteiger partial charge in [0, 0.05) is 6.42 Å². The van der Waals surface area contributed by atoms with Crippen LogP contribution in [0.2, 0.25) is 0 Å². The molecule has 0 fully saturated rings. The second-order valence-electron chi connectivity index (χ2n) is 4.77. The molecule has 0 heterocycles. The molecule has 1 aromatic carbocycles. The van der Waals surface area contributed by atoms with Crippen LogP contribution in [0.1, 0.15) is 38.7 Å². The Labute approximate surface area is 101 Å². The third kappa shape index (κ3) is 3.84. The van der Waals surface area contributed by atoms with E-state index in [1.165, 1.54) is 12.1 Å². The van der Waals surface area contributed by atoms with Crippen LogP contribution < -0.4 is 0 Å². The molecule has 3 heteroatoms. The maximum atomic E-state index is 12.8. The molecule has 0 amide bonds. The molecule has 94 valence electrons. The zero-order valence-corrected chi connectivity index (χ0v) is 10.5. The minimum atomic E-state index is -0.768. The average molecular weight is 238 g/mol. The van der Waals surface area contributed by atoms with Crippen molar-refractivity contribution in [1.82, 2.24) is 0 Å². The highest BCUT2D eigenvalue weighted by atomic mass is 19.1. The monoisotopic (exact) mass is 238 g/mol. The fourth-order valence-electron chi connectivity index (χ4n) is 2.02. The van der Waals surface area contributed by atoms with E-state index in [1.54, 1.807) is 12.1 Å². The number of rotatable bonds is 5. The van der Waals surface area contributed by atoms with Crippen LogP contribution in [0.25, 0.3) is 0 Å². The van der Waals surface area contributed by atoms with Crippen molar-refractivity contribution in [1.29, 1.82) is 0 Å². The Morgan fingerprint density at radius 3 is 2.24 bits per heavy atom. The summed E-state index contributed by atoms with van der Waals surface area (Å²) in [6.07, 6.45) is 0.173. The molecule has 0 spiro atoms. The minimum Gasteiger partial charge on any atom is -0.481 e. The number of carbonyl (C=O) groups is 1. The first-order valence-corrected chi connectivity index (χ1v) is 5.89. The number of halogens is 1. The van der Waals surface area contributed by atoms with Gasteiger partial charge in [-0.1, -0.05) is 32.9 Å². The van der Waals surface area contributed by atoms with Crippen molar-refractivity contribution >= 4 is 5.97 Å². The Morgan fingerprint density at radius 1 is 1.24 bits per heavy atom. The van der Waals surface area contributed by atoms with E-state index in [9.17, 15) is 9.18 Å². The lowest BCUT2D eigenvalue weighted by atomic mass is 9.80. The molecule has 0 aromatic heterocycles. The van der Waals surface area contributed by atoms with E-state index in [-0.39, 0.29) is 30.0 Å². The van der Waals surface area contributed by atoms with E-state index in [0.29, 0.717) is 0 Å². The molecule has 2 nitrogen and oxygen atoms in total. The first-order valence-electron chi connectivity index (χ1n) is 5.89. The van der Waals surface area contributed by atoms with Crippen LogP contribution in [0.3, 0.4) is 0 Å². The number of carboxylic acid groups (broad SMARTS) is 1. The molecule has 0 saturated carbocycles. The number of benzene rings is 1. The van der Waals surface area contributed by atoms with Gasteiger partial charge >= 0.3 is 5.97 Å². The maximum absolute atomic E-state index is 12.8. The molecule has 0 aliphatic heterocycles. The van der Waals surface area contributed by atoms with Crippen molar-refractivity contribution in [3.8, 4) is 0 Å². The van der Waals surface area contributed by atoms with E-state index in [1.807, 2.05) is 13.8 Å². The van der Waals surface area contributed by atoms with Crippen LogP contribution in [0.15, 0.2) is 24.3 Å². The van der Waals surface area contributed by atoms with Crippen molar-refractivity contribution in [2.24, 2.45) is 11.8 Å². The Kier molecular flexibility index (Phi) is 4.67. The normalized spacial score (nSPS) is 16.2. The fourth-order valence-corrected chi connectivity index (χ4v) is 2.02. The third-order valence-electron chi connectivity index (χ3n) is 3.58. The van der Waals surface area contributed by atoms with Gasteiger partial charge in [-0.25, -0.2) is 4.39 Å². The third-order valence-corrected chi connectivity index (χ3v) is 3.58. The maximum Gasteiger partial charge on any atom is 0.303 e. The molecule has 0 aliphatic carbocycles. The Bertz CT molecular complexity index is 372. The summed E-state index contributed by atoms with van der Waals surface area (Å²) in [7, 11) is 0. The van der Waals surface area contributed by atoms with Crippen LogP contribution in [0.5, 0.6) is 0 Å². The van der Waals surface area contributed by atoms with Gasteiger partial charge in [-0.2, -0.15) is 0 Å². The van der Waals surface area contributed by atoms with Crippen molar-refractivity contribution in [2.45, 2.75) is 33.1 Å². The van der Waals surface area contributed by atoms with Gasteiger partial charge in [-0.05, 0) is 35.4 Å². The van der Waals surface area contributed by atoms with Gasteiger partial charge in [-0.15, -0.1) is 0 Å². The van der Waals surface area contributed by atoms with E-state index in [4.69, 9.17) is 5.11 Å². The Balaban J connectivity index is 2.71. The smallest absolute Gasteiger partial charge is 0.303 e. The quantitative estimate of drug-likeness (QED) is 0.849. The highest BCUT2D eigenvalue weighted by molar-refractivity contribution is 5.67. The summed E-state index contributed by atoms with van der Waals surface area (Å²) < 4.78 is 12.8. The molecular weight excluding hydrogens is 219 g/mol. The lowest BCUT2D eigenvalue weighted by Crippen LogP contribution is -2.18. The highest BCUT2D eigenvalue weighted by Crippen LogP contribution is 2.31. The standard InChI is InChI=1S/C14H19FO2/c1-9(8-14(16)17)10(2)11(3)12-4-6-13(15)7-5-12/h4-7,9-11H,8H2,1-3H3,(H,16,17). The second-order valence-corrected chi connectivity index (χ2v) is 4.77.